The van der Waals surface area contributed by atoms with Crippen LogP contribution in [-0.2, 0) is 16.8 Å². The van der Waals surface area contributed by atoms with Crippen molar-refractivity contribution in [2.24, 2.45) is 0 Å². The van der Waals surface area contributed by atoms with E-state index in [2.05, 4.69) is 25.4 Å². The standard InChI is InChI=1S/C23H29N7O2/c1-32-16-15-30-22(25-26-27-30)23(29-13-4-5-14-29)11-6-12-28(17-23)21(31)20-10-9-18-7-2-3-8-19(18)24-20/h2-3,7-10H,4-6,11-17H2,1H3. The molecule has 1 atom stereocenters. The van der Waals surface area contributed by atoms with Gasteiger partial charge in [0, 0.05) is 25.6 Å². The molecule has 2 aliphatic heterocycles. The Morgan fingerprint density at radius 1 is 1.09 bits per heavy atom. The summed E-state index contributed by atoms with van der Waals surface area (Å²) >= 11 is 0. The average Bonchev–Trinajstić information content (AvgIpc) is 3.55. The van der Waals surface area contributed by atoms with Gasteiger partial charge >= 0.3 is 0 Å². The molecule has 5 rings (SSSR count). The van der Waals surface area contributed by atoms with Gasteiger partial charge in [-0.15, -0.1) is 5.10 Å². The van der Waals surface area contributed by atoms with Crippen LogP contribution in [0.25, 0.3) is 10.9 Å². The first-order valence-electron chi connectivity index (χ1n) is 11.4. The molecule has 1 amide bonds. The van der Waals surface area contributed by atoms with Gasteiger partial charge in [0.05, 0.1) is 18.7 Å². The lowest BCUT2D eigenvalue weighted by atomic mass is 9.86. The molecule has 0 aliphatic carbocycles. The maximum Gasteiger partial charge on any atom is 0.272 e. The van der Waals surface area contributed by atoms with Crippen molar-refractivity contribution in [2.45, 2.75) is 37.8 Å². The Kier molecular flexibility index (Phi) is 5.84. The van der Waals surface area contributed by atoms with Gasteiger partial charge in [0.15, 0.2) is 5.82 Å². The van der Waals surface area contributed by atoms with Crippen LogP contribution in [-0.4, -0.2) is 80.8 Å². The summed E-state index contributed by atoms with van der Waals surface area (Å²) in [5, 5.41) is 13.7. The second-order valence-corrected chi connectivity index (χ2v) is 8.66. The lowest BCUT2D eigenvalue weighted by Gasteiger charge is -2.47. The highest BCUT2D eigenvalue weighted by molar-refractivity contribution is 5.95. The van der Waals surface area contributed by atoms with Crippen molar-refractivity contribution in [1.82, 2.24) is 35.0 Å². The summed E-state index contributed by atoms with van der Waals surface area (Å²) in [6.45, 7) is 4.39. The number of amides is 1. The molecular formula is C23H29N7O2. The second kappa shape index (κ2) is 8.91. The molecule has 32 heavy (non-hydrogen) atoms. The Morgan fingerprint density at radius 2 is 1.94 bits per heavy atom. The molecule has 2 aliphatic rings. The van der Waals surface area contributed by atoms with E-state index < -0.39 is 5.54 Å². The first kappa shape index (κ1) is 21.0. The summed E-state index contributed by atoms with van der Waals surface area (Å²) in [4.78, 5) is 22.6. The largest absolute Gasteiger partial charge is 0.383 e. The topological polar surface area (TPSA) is 89.3 Å². The van der Waals surface area contributed by atoms with E-state index >= 15 is 0 Å². The van der Waals surface area contributed by atoms with Gasteiger partial charge in [-0.2, -0.15) is 0 Å². The molecule has 0 spiro atoms. The normalized spacial score (nSPS) is 22.0. The monoisotopic (exact) mass is 435 g/mol. The van der Waals surface area contributed by atoms with Crippen molar-refractivity contribution in [3.8, 4) is 0 Å². The van der Waals surface area contributed by atoms with Crippen LogP contribution in [0.15, 0.2) is 36.4 Å². The number of hydrogen-bond acceptors (Lipinski definition) is 7. The number of rotatable bonds is 6. The van der Waals surface area contributed by atoms with E-state index in [-0.39, 0.29) is 5.91 Å². The fraction of sp³-hybridized carbons (Fsp3) is 0.522. The van der Waals surface area contributed by atoms with E-state index in [9.17, 15) is 4.79 Å². The molecule has 1 aromatic carbocycles. The molecule has 9 heteroatoms. The number of aromatic nitrogens is 5. The maximum absolute atomic E-state index is 13.5. The third kappa shape index (κ3) is 3.75. The van der Waals surface area contributed by atoms with E-state index in [4.69, 9.17) is 4.74 Å². The first-order chi connectivity index (χ1) is 15.7. The van der Waals surface area contributed by atoms with Crippen LogP contribution < -0.4 is 0 Å². The molecular weight excluding hydrogens is 406 g/mol. The van der Waals surface area contributed by atoms with Crippen molar-refractivity contribution in [1.29, 1.82) is 0 Å². The summed E-state index contributed by atoms with van der Waals surface area (Å²) in [5.74, 6) is 0.801. The Morgan fingerprint density at radius 3 is 2.78 bits per heavy atom. The molecule has 0 bridgehead atoms. The zero-order valence-corrected chi connectivity index (χ0v) is 18.5. The molecule has 2 aromatic heterocycles. The third-order valence-corrected chi connectivity index (χ3v) is 6.74. The summed E-state index contributed by atoms with van der Waals surface area (Å²) < 4.78 is 7.12. The van der Waals surface area contributed by atoms with Crippen LogP contribution in [0.4, 0.5) is 0 Å². The van der Waals surface area contributed by atoms with Gasteiger partial charge < -0.3 is 9.64 Å². The SMILES string of the molecule is COCCn1nnnc1C1(N2CCCC2)CCCN(C(=O)c2ccc3ccccc3n2)C1. The fourth-order valence-corrected chi connectivity index (χ4v) is 5.15. The Labute approximate surface area is 187 Å². The molecule has 2 saturated heterocycles. The number of tetrazole rings is 1. The highest BCUT2D eigenvalue weighted by Crippen LogP contribution is 2.39. The fourth-order valence-electron chi connectivity index (χ4n) is 5.15. The third-order valence-electron chi connectivity index (χ3n) is 6.74. The van der Waals surface area contributed by atoms with Gasteiger partial charge in [0.1, 0.15) is 11.2 Å². The van der Waals surface area contributed by atoms with Gasteiger partial charge in [-0.1, -0.05) is 24.3 Å². The number of fused-ring (bicyclic) bond motifs is 1. The molecule has 0 N–H and O–H groups in total. The number of carbonyl (C=O) groups is 1. The zero-order chi connectivity index (χ0) is 22.0. The van der Waals surface area contributed by atoms with Gasteiger partial charge in [-0.3, -0.25) is 9.69 Å². The number of carbonyl (C=O) groups excluding carboxylic acids is 1. The zero-order valence-electron chi connectivity index (χ0n) is 18.5. The second-order valence-electron chi connectivity index (χ2n) is 8.66. The average molecular weight is 436 g/mol. The van der Waals surface area contributed by atoms with Crippen molar-refractivity contribution in [3.63, 3.8) is 0 Å². The van der Waals surface area contributed by atoms with Crippen LogP contribution >= 0.6 is 0 Å². The van der Waals surface area contributed by atoms with Crippen molar-refractivity contribution < 1.29 is 9.53 Å². The predicted molar refractivity (Wildman–Crippen MR) is 119 cm³/mol. The number of benzene rings is 1. The molecule has 4 heterocycles. The minimum Gasteiger partial charge on any atom is -0.383 e. The van der Waals surface area contributed by atoms with E-state index in [0.717, 1.165) is 55.5 Å². The van der Waals surface area contributed by atoms with E-state index in [1.54, 1.807) is 7.11 Å². The van der Waals surface area contributed by atoms with Crippen LogP contribution in [0.1, 0.15) is 42.0 Å². The van der Waals surface area contributed by atoms with E-state index in [1.807, 2.05) is 46.0 Å². The molecule has 9 nitrogen and oxygen atoms in total. The van der Waals surface area contributed by atoms with Gasteiger partial charge in [0.25, 0.3) is 5.91 Å². The number of ether oxygens (including phenoxy) is 1. The minimum absolute atomic E-state index is 0.0325. The molecule has 3 aromatic rings. The highest BCUT2D eigenvalue weighted by atomic mass is 16.5. The van der Waals surface area contributed by atoms with Crippen LogP contribution in [0.5, 0.6) is 0 Å². The molecule has 168 valence electrons. The Bertz CT molecular complexity index is 1090. The quantitative estimate of drug-likeness (QED) is 0.586. The van der Waals surface area contributed by atoms with Gasteiger partial charge in [-0.25, -0.2) is 9.67 Å². The Hall–Kier alpha value is -2.91. The summed E-state index contributed by atoms with van der Waals surface area (Å²) in [5.41, 5.74) is 0.933. The molecule has 2 fully saturated rings. The van der Waals surface area contributed by atoms with E-state index in [1.165, 1.54) is 0 Å². The smallest absolute Gasteiger partial charge is 0.272 e. The summed E-state index contributed by atoms with van der Waals surface area (Å²) in [7, 11) is 1.68. The number of methoxy groups -OCH3 is 1. The van der Waals surface area contributed by atoms with Crippen molar-refractivity contribution in [3.05, 3.63) is 47.9 Å². The van der Waals surface area contributed by atoms with Crippen molar-refractivity contribution in [2.75, 3.05) is 39.9 Å². The predicted octanol–water partition coefficient (Wildman–Crippen LogP) is 2.09. The van der Waals surface area contributed by atoms with Gasteiger partial charge in [-0.05, 0) is 61.3 Å². The number of nitrogens with zero attached hydrogens (tertiary/aromatic N) is 7. The minimum atomic E-state index is -0.390. The Balaban J connectivity index is 1.47. The summed E-state index contributed by atoms with van der Waals surface area (Å²) in [6, 6.07) is 11.7. The number of hydrogen-bond donors (Lipinski definition) is 0. The maximum atomic E-state index is 13.5. The van der Waals surface area contributed by atoms with Crippen LogP contribution in [0.2, 0.25) is 0 Å². The number of likely N-dealkylation sites (tertiary alicyclic amines) is 2. The lowest BCUT2D eigenvalue weighted by Crippen LogP contribution is -2.58. The van der Waals surface area contributed by atoms with Crippen LogP contribution in [0, 0.1) is 0 Å². The lowest BCUT2D eigenvalue weighted by molar-refractivity contribution is 0.0119. The number of pyridine rings is 1. The summed E-state index contributed by atoms with van der Waals surface area (Å²) in [6.07, 6.45) is 4.13. The molecule has 1 unspecified atom stereocenters. The number of para-hydroxylation sites is 1. The molecule has 0 radical (unpaired) electrons. The number of piperidine rings is 1. The van der Waals surface area contributed by atoms with Crippen molar-refractivity contribution >= 4 is 16.8 Å². The van der Waals surface area contributed by atoms with Crippen LogP contribution in [0.3, 0.4) is 0 Å². The molecule has 0 saturated carbocycles. The van der Waals surface area contributed by atoms with Gasteiger partial charge in [0.2, 0.25) is 0 Å². The van der Waals surface area contributed by atoms with E-state index in [0.29, 0.717) is 31.9 Å². The highest BCUT2D eigenvalue weighted by Gasteiger charge is 2.48. The first-order valence-corrected chi connectivity index (χ1v) is 11.4.